The first-order chi connectivity index (χ1) is 8.83. The fourth-order valence-electron chi connectivity index (χ4n) is 1.48. The van der Waals surface area contributed by atoms with Crippen molar-refractivity contribution < 1.29 is 19.7 Å². The molecule has 0 amide bonds. The van der Waals surface area contributed by atoms with Gasteiger partial charge in [-0.05, 0) is 56.8 Å². The minimum absolute atomic E-state index is 0.156. The van der Waals surface area contributed by atoms with E-state index < -0.39 is 11.6 Å². The lowest BCUT2D eigenvalue weighted by atomic mass is 9.99. The molecule has 19 heavy (non-hydrogen) atoms. The smallest absolute Gasteiger partial charge is 0.335 e. The molecule has 2 N–H and O–H groups in total. The number of carbonyl (C=O) groups is 1. The van der Waals surface area contributed by atoms with Crippen molar-refractivity contribution in [3.8, 4) is 5.75 Å². The van der Waals surface area contributed by atoms with Gasteiger partial charge in [-0.25, -0.2) is 4.79 Å². The fraction of sp³-hybridized carbons (Fsp3) is 0.462. The van der Waals surface area contributed by atoms with Crippen molar-refractivity contribution in [3.05, 3.63) is 26.6 Å². The highest BCUT2D eigenvalue weighted by Crippen LogP contribution is 2.35. The molecule has 0 aliphatic carbocycles. The number of benzene rings is 1. The van der Waals surface area contributed by atoms with Gasteiger partial charge in [-0.15, -0.1) is 0 Å². The van der Waals surface area contributed by atoms with Crippen molar-refractivity contribution in [1.82, 2.24) is 0 Å². The van der Waals surface area contributed by atoms with Crippen molar-refractivity contribution in [3.63, 3.8) is 0 Å². The van der Waals surface area contributed by atoms with E-state index in [-0.39, 0.29) is 12.2 Å². The first-order valence-electron chi connectivity index (χ1n) is 5.90. The summed E-state index contributed by atoms with van der Waals surface area (Å²) >= 11 is 6.56. The number of ether oxygens (including phenoxy) is 1. The second-order valence-corrected chi connectivity index (χ2v) is 6.00. The number of hydrogen-bond donors (Lipinski definition) is 2. The lowest BCUT2D eigenvalue weighted by Gasteiger charge is -2.25. The molecule has 6 heteroatoms. The van der Waals surface area contributed by atoms with Gasteiger partial charge < -0.3 is 14.9 Å². The number of carboxylic acids is 1. The third kappa shape index (κ3) is 4.19. The molecule has 1 rings (SSSR count). The van der Waals surface area contributed by atoms with Crippen molar-refractivity contribution in [2.24, 2.45) is 0 Å². The average Bonchev–Trinajstić information content (AvgIpc) is 2.37. The summed E-state index contributed by atoms with van der Waals surface area (Å²) in [6.45, 7) is 3.94. The van der Waals surface area contributed by atoms with Crippen LogP contribution in [0.3, 0.4) is 0 Å². The normalized spacial score (nSPS) is 11.4. The van der Waals surface area contributed by atoms with E-state index in [4.69, 9.17) is 9.84 Å². The molecule has 0 aliphatic rings. The van der Waals surface area contributed by atoms with Crippen LogP contribution in [0.2, 0.25) is 0 Å². The third-order valence-corrected chi connectivity index (χ3v) is 4.22. The summed E-state index contributed by atoms with van der Waals surface area (Å²) in [5, 5.41) is 19.1. The molecule has 1 aromatic carbocycles. The van der Waals surface area contributed by atoms with Crippen LogP contribution in [0, 0.1) is 0 Å². The highest BCUT2D eigenvalue weighted by molar-refractivity contribution is 9.11. The number of aromatic carboxylic acids is 1. The van der Waals surface area contributed by atoms with Crippen molar-refractivity contribution in [2.45, 2.75) is 32.3 Å². The summed E-state index contributed by atoms with van der Waals surface area (Å²) in [5.41, 5.74) is -0.711. The molecule has 0 saturated heterocycles. The lowest BCUT2D eigenvalue weighted by Crippen LogP contribution is -2.34. The molecule has 0 aliphatic heterocycles. The van der Waals surface area contributed by atoms with Gasteiger partial charge >= 0.3 is 5.97 Å². The van der Waals surface area contributed by atoms with Crippen LogP contribution in [0.15, 0.2) is 21.1 Å². The van der Waals surface area contributed by atoms with Gasteiger partial charge in [0.05, 0.1) is 20.1 Å². The molecule has 0 spiro atoms. The molecule has 0 bridgehead atoms. The van der Waals surface area contributed by atoms with Gasteiger partial charge in [0.2, 0.25) is 0 Å². The molecule has 0 saturated carbocycles. The van der Waals surface area contributed by atoms with Gasteiger partial charge in [0.15, 0.2) is 0 Å². The maximum atomic E-state index is 10.9. The quantitative estimate of drug-likeness (QED) is 0.767. The molecule has 0 unspecified atom stereocenters. The highest BCUT2D eigenvalue weighted by Gasteiger charge is 2.24. The van der Waals surface area contributed by atoms with Crippen LogP contribution in [-0.4, -0.2) is 28.4 Å². The molecule has 0 aromatic heterocycles. The minimum atomic E-state index is -1.01. The standard InChI is InChI=1S/C13H16Br2O4/c1-3-13(18,4-2)7-19-11-9(14)5-8(12(16)17)6-10(11)15/h5-6,18H,3-4,7H2,1-2H3,(H,16,17). The van der Waals surface area contributed by atoms with Crippen LogP contribution in [0.5, 0.6) is 5.75 Å². The zero-order valence-electron chi connectivity index (χ0n) is 10.7. The second-order valence-electron chi connectivity index (χ2n) is 4.29. The van der Waals surface area contributed by atoms with Crippen LogP contribution >= 0.6 is 31.9 Å². The van der Waals surface area contributed by atoms with Crippen molar-refractivity contribution in [2.75, 3.05) is 6.61 Å². The zero-order valence-corrected chi connectivity index (χ0v) is 13.9. The Bertz CT molecular complexity index is 447. The lowest BCUT2D eigenvalue weighted by molar-refractivity contribution is -0.0117. The van der Waals surface area contributed by atoms with Gasteiger partial charge in [0, 0.05) is 0 Å². The van der Waals surface area contributed by atoms with E-state index in [1.165, 1.54) is 12.1 Å². The summed E-state index contributed by atoms with van der Waals surface area (Å²) in [7, 11) is 0. The summed E-state index contributed by atoms with van der Waals surface area (Å²) in [4.78, 5) is 10.9. The van der Waals surface area contributed by atoms with Crippen molar-refractivity contribution in [1.29, 1.82) is 0 Å². The van der Waals surface area contributed by atoms with Crippen LogP contribution in [0.25, 0.3) is 0 Å². The third-order valence-electron chi connectivity index (χ3n) is 3.05. The van der Waals surface area contributed by atoms with Crippen LogP contribution in [-0.2, 0) is 0 Å². The first kappa shape index (κ1) is 16.5. The Hall–Kier alpha value is -0.590. The van der Waals surface area contributed by atoms with E-state index in [1.54, 1.807) is 0 Å². The van der Waals surface area contributed by atoms with Gasteiger partial charge in [0.25, 0.3) is 0 Å². The monoisotopic (exact) mass is 394 g/mol. The Morgan fingerprint density at radius 3 is 2.11 bits per heavy atom. The molecule has 4 nitrogen and oxygen atoms in total. The van der Waals surface area contributed by atoms with Gasteiger partial charge in [-0.3, -0.25) is 0 Å². The van der Waals surface area contributed by atoms with Crippen LogP contribution in [0.1, 0.15) is 37.0 Å². The molecule has 0 radical (unpaired) electrons. The Morgan fingerprint density at radius 1 is 1.26 bits per heavy atom. The Morgan fingerprint density at radius 2 is 1.74 bits per heavy atom. The van der Waals surface area contributed by atoms with E-state index in [2.05, 4.69) is 31.9 Å². The maximum absolute atomic E-state index is 10.9. The number of hydrogen-bond acceptors (Lipinski definition) is 3. The highest BCUT2D eigenvalue weighted by atomic mass is 79.9. The predicted octanol–water partition coefficient (Wildman–Crippen LogP) is 3.84. The van der Waals surface area contributed by atoms with Gasteiger partial charge in [0.1, 0.15) is 12.4 Å². The number of aliphatic hydroxyl groups is 1. The van der Waals surface area contributed by atoms with Gasteiger partial charge in [-0.2, -0.15) is 0 Å². The molecule has 106 valence electrons. The van der Waals surface area contributed by atoms with E-state index in [0.717, 1.165) is 0 Å². The van der Waals surface area contributed by atoms with E-state index >= 15 is 0 Å². The van der Waals surface area contributed by atoms with E-state index in [9.17, 15) is 9.90 Å². The Balaban J connectivity index is 2.94. The first-order valence-corrected chi connectivity index (χ1v) is 7.49. The van der Waals surface area contributed by atoms with Crippen LogP contribution in [0.4, 0.5) is 0 Å². The molecule has 0 heterocycles. The number of halogens is 2. The second kappa shape index (κ2) is 6.72. The van der Waals surface area contributed by atoms with E-state index in [1.807, 2.05) is 13.8 Å². The molecule has 1 aromatic rings. The molecular weight excluding hydrogens is 380 g/mol. The minimum Gasteiger partial charge on any atom is -0.488 e. The van der Waals surface area contributed by atoms with Gasteiger partial charge in [-0.1, -0.05) is 13.8 Å². The summed E-state index contributed by atoms with van der Waals surface area (Å²) in [5.74, 6) is -0.517. The van der Waals surface area contributed by atoms with E-state index in [0.29, 0.717) is 27.5 Å². The summed E-state index contributed by atoms with van der Waals surface area (Å²) < 4.78 is 6.68. The molecule has 0 atom stereocenters. The fourth-order valence-corrected chi connectivity index (χ4v) is 2.90. The number of carboxylic acid groups (broad SMARTS) is 1. The van der Waals surface area contributed by atoms with Crippen LogP contribution < -0.4 is 4.74 Å². The average molecular weight is 396 g/mol. The SMILES string of the molecule is CCC(O)(CC)COc1c(Br)cc(C(=O)O)cc1Br. The summed E-state index contributed by atoms with van der Waals surface area (Å²) in [6, 6.07) is 2.94. The largest absolute Gasteiger partial charge is 0.488 e. The summed E-state index contributed by atoms with van der Waals surface area (Å²) in [6.07, 6.45) is 1.18. The molecular formula is C13H16Br2O4. The Kier molecular flexibility index (Phi) is 5.82. The number of rotatable bonds is 6. The predicted molar refractivity (Wildman–Crippen MR) is 79.8 cm³/mol. The van der Waals surface area contributed by atoms with Crippen molar-refractivity contribution >= 4 is 37.8 Å². The molecule has 0 fully saturated rings. The maximum Gasteiger partial charge on any atom is 0.335 e. The topological polar surface area (TPSA) is 66.8 Å². The Labute approximate surface area is 129 Å². The zero-order chi connectivity index (χ0) is 14.6.